The maximum atomic E-state index is 13.0. The number of rotatable bonds is 6. The highest BCUT2D eigenvalue weighted by atomic mass is 79.9. The van der Waals surface area contributed by atoms with Crippen molar-refractivity contribution in [2.24, 2.45) is 0 Å². The predicted octanol–water partition coefficient (Wildman–Crippen LogP) is 4.96. The highest BCUT2D eigenvalue weighted by Gasteiger charge is 2.17. The Morgan fingerprint density at radius 1 is 1.10 bits per heavy atom. The van der Waals surface area contributed by atoms with Crippen molar-refractivity contribution < 1.29 is 14.3 Å². The smallest absolute Gasteiger partial charge is 0.258 e. The van der Waals surface area contributed by atoms with Gasteiger partial charge in [0.25, 0.3) is 11.8 Å². The molecule has 0 radical (unpaired) electrons. The second-order valence-electron chi connectivity index (χ2n) is 6.48. The molecule has 8 heteroatoms. The molecule has 1 N–H and O–H groups in total. The van der Waals surface area contributed by atoms with E-state index in [1.54, 1.807) is 50.6 Å². The molecule has 3 rings (SSSR count). The van der Waals surface area contributed by atoms with E-state index in [1.165, 1.54) is 23.8 Å². The minimum Gasteiger partial charge on any atom is -0.495 e. The number of anilines is 1. The Hall–Kier alpha value is -2.84. The summed E-state index contributed by atoms with van der Waals surface area (Å²) in [5.74, 6) is -0.0406. The summed E-state index contributed by atoms with van der Waals surface area (Å²) in [4.78, 5) is 32.1. The number of aromatic nitrogens is 1. The van der Waals surface area contributed by atoms with Crippen molar-refractivity contribution in [1.29, 1.82) is 0 Å². The molecule has 0 saturated carbocycles. The average Bonchev–Trinajstić information content (AvgIpc) is 2.75. The van der Waals surface area contributed by atoms with E-state index >= 15 is 0 Å². The number of carbonyl (C=O) groups is 2. The fourth-order valence-electron chi connectivity index (χ4n) is 2.65. The van der Waals surface area contributed by atoms with Gasteiger partial charge in [-0.2, -0.15) is 0 Å². The van der Waals surface area contributed by atoms with Gasteiger partial charge in [-0.25, -0.2) is 4.98 Å². The molecular weight excluding hydrogens is 466 g/mol. The van der Waals surface area contributed by atoms with Crippen LogP contribution < -0.4 is 10.1 Å². The molecule has 0 aliphatic rings. The molecule has 0 fully saturated rings. The number of hydrogen-bond acceptors (Lipinski definition) is 5. The third-order valence-corrected chi connectivity index (χ3v) is 5.70. The molecule has 1 aromatic heterocycles. The van der Waals surface area contributed by atoms with Crippen molar-refractivity contribution in [3.8, 4) is 5.75 Å². The molecule has 2 amide bonds. The lowest BCUT2D eigenvalue weighted by molar-refractivity contribution is 0.0827. The van der Waals surface area contributed by atoms with Gasteiger partial charge in [0, 0.05) is 35.2 Å². The second kappa shape index (κ2) is 9.77. The maximum Gasteiger partial charge on any atom is 0.258 e. The van der Waals surface area contributed by atoms with Crippen molar-refractivity contribution in [1.82, 2.24) is 9.88 Å². The molecule has 2 aromatic carbocycles. The van der Waals surface area contributed by atoms with E-state index in [1.807, 2.05) is 24.3 Å². The van der Waals surface area contributed by atoms with Crippen LogP contribution in [0.15, 0.2) is 75.2 Å². The Bertz CT molecular complexity index is 1070. The van der Waals surface area contributed by atoms with Gasteiger partial charge in [-0.15, -0.1) is 0 Å². The minimum atomic E-state index is -0.338. The summed E-state index contributed by atoms with van der Waals surface area (Å²) in [5, 5.41) is 3.43. The Labute approximate surface area is 187 Å². The molecule has 6 nitrogen and oxygen atoms in total. The van der Waals surface area contributed by atoms with Crippen molar-refractivity contribution in [2.45, 2.75) is 9.92 Å². The van der Waals surface area contributed by atoms with Gasteiger partial charge in [0.1, 0.15) is 10.8 Å². The van der Waals surface area contributed by atoms with Crippen LogP contribution >= 0.6 is 27.7 Å². The lowest BCUT2D eigenvalue weighted by atomic mass is 10.1. The lowest BCUT2D eigenvalue weighted by Gasteiger charge is -2.15. The fraction of sp³-hybridized carbons (Fsp3) is 0.136. The molecule has 0 saturated heterocycles. The van der Waals surface area contributed by atoms with E-state index in [0.29, 0.717) is 27.6 Å². The maximum absolute atomic E-state index is 13.0. The molecule has 0 unspecified atom stereocenters. The third-order valence-electron chi connectivity index (χ3n) is 4.14. The van der Waals surface area contributed by atoms with Gasteiger partial charge < -0.3 is 15.0 Å². The summed E-state index contributed by atoms with van der Waals surface area (Å²) >= 11 is 4.82. The van der Waals surface area contributed by atoms with Crippen LogP contribution in [0.3, 0.4) is 0 Å². The summed E-state index contributed by atoms with van der Waals surface area (Å²) in [7, 11) is 4.86. The summed E-state index contributed by atoms with van der Waals surface area (Å²) in [6, 6.07) is 16.1. The zero-order chi connectivity index (χ0) is 21.7. The predicted molar refractivity (Wildman–Crippen MR) is 121 cm³/mol. The number of carbonyl (C=O) groups excluding carboxylic acids is 2. The van der Waals surface area contributed by atoms with Crippen LogP contribution in [-0.2, 0) is 0 Å². The van der Waals surface area contributed by atoms with Gasteiger partial charge in [0.05, 0.1) is 18.4 Å². The Morgan fingerprint density at radius 2 is 1.83 bits per heavy atom. The van der Waals surface area contributed by atoms with Crippen molar-refractivity contribution in [3.63, 3.8) is 0 Å². The largest absolute Gasteiger partial charge is 0.495 e. The summed E-state index contributed by atoms with van der Waals surface area (Å²) in [6.45, 7) is 0. The molecule has 0 spiro atoms. The van der Waals surface area contributed by atoms with Crippen LogP contribution in [0, 0.1) is 0 Å². The minimum absolute atomic E-state index is 0.166. The highest BCUT2D eigenvalue weighted by Crippen LogP contribution is 2.31. The van der Waals surface area contributed by atoms with Crippen molar-refractivity contribution in [2.75, 3.05) is 26.5 Å². The van der Waals surface area contributed by atoms with Gasteiger partial charge >= 0.3 is 0 Å². The first-order valence-electron chi connectivity index (χ1n) is 8.98. The summed E-state index contributed by atoms with van der Waals surface area (Å²) < 4.78 is 6.33. The third kappa shape index (κ3) is 5.20. The van der Waals surface area contributed by atoms with Crippen LogP contribution in [0.25, 0.3) is 0 Å². The number of nitrogens with one attached hydrogen (secondary N) is 1. The number of benzene rings is 2. The molecule has 3 aromatic rings. The molecule has 0 aliphatic heterocycles. The second-order valence-corrected chi connectivity index (χ2v) is 8.46. The van der Waals surface area contributed by atoms with Crippen molar-refractivity contribution in [3.05, 3.63) is 76.4 Å². The topological polar surface area (TPSA) is 71.5 Å². The fourth-order valence-corrected chi connectivity index (χ4v) is 3.79. The SMILES string of the molecule is COc1ccc(C(=O)N(C)C)cc1NC(=O)c1cccnc1Sc1ccc(Br)cc1. The van der Waals surface area contributed by atoms with Crippen molar-refractivity contribution >= 4 is 45.2 Å². The Morgan fingerprint density at radius 3 is 2.50 bits per heavy atom. The van der Waals surface area contributed by atoms with Crippen LogP contribution in [-0.4, -0.2) is 42.9 Å². The first-order valence-corrected chi connectivity index (χ1v) is 10.6. The van der Waals surface area contributed by atoms with E-state index in [2.05, 4.69) is 26.2 Å². The molecule has 0 aliphatic carbocycles. The quantitative estimate of drug-likeness (QED) is 0.534. The zero-order valence-corrected chi connectivity index (χ0v) is 19.1. The molecule has 1 heterocycles. The Kier molecular flexibility index (Phi) is 7.12. The van der Waals surface area contributed by atoms with Gasteiger partial charge in [0.15, 0.2) is 0 Å². The lowest BCUT2D eigenvalue weighted by Crippen LogP contribution is -2.22. The van der Waals surface area contributed by atoms with Crippen LogP contribution in [0.4, 0.5) is 5.69 Å². The number of pyridine rings is 1. The summed E-state index contributed by atoms with van der Waals surface area (Å²) in [6.07, 6.45) is 1.65. The number of amides is 2. The first-order chi connectivity index (χ1) is 14.4. The van der Waals surface area contributed by atoms with Gasteiger partial charge in [0.2, 0.25) is 0 Å². The number of hydrogen-bond donors (Lipinski definition) is 1. The van der Waals surface area contributed by atoms with Crippen LogP contribution in [0.5, 0.6) is 5.75 Å². The molecule has 154 valence electrons. The number of ether oxygens (including phenoxy) is 1. The van der Waals surface area contributed by atoms with E-state index in [9.17, 15) is 9.59 Å². The van der Waals surface area contributed by atoms with E-state index < -0.39 is 0 Å². The number of methoxy groups -OCH3 is 1. The number of halogens is 1. The standard InChI is InChI=1S/C22H20BrN3O3S/c1-26(2)22(28)14-6-11-19(29-3)18(13-14)25-20(27)17-5-4-12-24-21(17)30-16-9-7-15(23)8-10-16/h4-13H,1-3H3,(H,25,27). The van der Waals surface area contributed by atoms with E-state index in [-0.39, 0.29) is 11.8 Å². The van der Waals surface area contributed by atoms with Crippen LogP contribution in [0.1, 0.15) is 20.7 Å². The molecular formula is C22H20BrN3O3S. The molecule has 0 bridgehead atoms. The molecule has 0 atom stereocenters. The monoisotopic (exact) mass is 485 g/mol. The van der Waals surface area contributed by atoms with Gasteiger partial charge in [-0.3, -0.25) is 9.59 Å². The van der Waals surface area contributed by atoms with E-state index in [4.69, 9.17) is 4.74 Å². The average molecular weight is 486 g/mol. The van der Waals surface area contributed by atoms with E-state index in [0.717, 1.165) is 9.37 Å². The Balaban J connectivity index is 1.88. The van der Waals surface area contributed by atoms with Crippen LogP contribution in [0.2, 0.25) is 0 Å². The first kappa shape index (κ1) is 21.9. The van der Waals surface area contributed by atoms with Gasteiger partial charge in [-0.05, 0) is 54.6 Å². The number of nitrogens with zero attached hydrogens (tertiary/aromatic N) is 2. The zero-order valence-electron chi connectivity index (χ0n) is 16.7. The summed E-state index contributed by atoms with van der Waals surface area (Å²) in [5.41, 5.74) is 1.29. The highest BCUT2D eigenvalue weighted by molar-refractivity contribution is 9.10. The normalized spacial score (nSPS) is 10.4. The molecule has 30 heavy (non-hydrogen) atoms. The van der Waals surface area contributed by atoms with Gasteiger partial charge in [-0.1, -0.05) is 27.7 Å².